The highest BCUT2D eigenvalue weighted by Gasteiger charge is 2.31. The number of hydrogen-bond donors (Lipinski definition) is 2. The first-order chi connectivity index (χ1) is 18.2. The van der Waals surface area contributed by atoms with Crippen molar-refractivity contribution in [2.24, 2.45) is 5.92 Å². The van der Waals surface area contributed by atoms with Crippen LogP contribution in [0.25, 0.3) is 27.8 Å². The third-order valence-corrected chi connectivity index (χ3v) is 7.80. The third-order valence-electron chi connectivity index (χ3n) is 7.80. The number of rotatable bonds is 5. The Balaban J connectivity index is 1.13. The van der Waals surface area contributed by atoms with E-state index in [0.717, 1.165) is 53.5 Å². The van der Waals surface area contributed by atoms with Gasteiger partial charge in [0.2, 0.25) is 11.9 Å². The Morgan fingerprint density at radius 3 is 2.49 bits per heavy atom. The highest BCUT2D eigenvalue weighted by molar-refractivity contribution is 5.96. The number of carbonyl (C=O) groups excluding carboxylic acids is 1. The van der Waals surface area contributed by atoms with E-state index in [1.165, 1.54) is 0 Å². The van der Waals surface area contributed by atoms with E-state index in [-0.39, 0.29) is 24.0 Å². The molecule has 1 aliphatic heterocycles. The number of nitrogens with zero attached hydrogens (tertiary/aromatic N) is 5. The van der Waals surface area contributed by atoms with E-state index in [0.29, 0.717) is 31.9 Å². The minimum absolute atomic E-state index is 0.0846. The van der Waals surface area contributed by atoms with E-state index < -0.39 is 0 Å². The molecule has 6 rings (SSSR count). The SMILES string of the molecule is O=C([C@H]1CC[C@H](Nc2nccc(-n3ccc4c(-c5ccncc5)cccc43)n2)CC1)N1CCC(O)CC1. The van der Waals surface area contributed by atoms with Crippen LogP contribution in [-0.2, 0) is 4.79 Å². The van der Waals surface area contributed by atoms with Crippen LogP contribution in [0.15, 0.2) is 67.3 Å². The molecule has 8 heteroatoms. The fraction of sp³-hybridized carbons (Fsp3) is 0.379. The van der Waals surface area contributed by atoms with Crippen molar-refractivity contribution in [3.05, 3.63) is 67.3 Å². The number of benzene rings is 1. The second kappa shape index (κ2) is 10.3. The minimum Gasteiger partial charge on any atom is -0.393 e. The molecule has 37 heavy (non-hydrogen) atoms. The number of carbonyl (C=O) groups is 1. The Bertz CT molecular complexity index is 1370. The second-order valence-electron chi connectivity index (χ2n) is 10.1. The molecular formula is C29H32N6O2. The van der Waals surface area contributed by atoms with E-state index in [1.807, 2.05) is 35.5 Å². The Labute approximate surface area is 216 Å². The van der Waals surface area contributed by atoms with Gasteiger partial charge in [0.05, 0.1) is 11.6 Å². The average molecular weight is 497 g/mol. The molecule has 2 fully saturated rings. The maximum Gasteiger partial charge on any atom is 0.225 e. The van der Waals surface area contributed by atoms with Gasteiger partial charge in [-0.25, -0.2) is 4.98 Å². The predicted octanol–water partition coefficient (Wildman–Crippen LogP) is 4.44. The zero-order valence-corrected chi connectivity index (χ0v) is 20.8. The third kappa shape index (κ3) is 4.93. The van der Waals surface area contributed by atoms with Crippen molar-refractivity contribution in [3.8, 4) is 16.9 Å². The van der Waals surface area contributed by atoms with Crippen LogP contribution < -0.4 is 5.32 Å². The second-order valence-corrected chi connectivity index (χ2v) is 10.1. The van der Waals surface area contributed by atoms with Crippen LogP contribution in [0.2, 0.25) is 0 Å². The molecule has 8 nitrogen and oxygen atoms in total. The summed E-state index contributed by atoms with van der Waals surface area (Å²) in [5, 5.41) is 14.4. The van der Waals surface area contributed by atoms with Crippen LogP contribution in [-0.4, -0.2) is 60.7 Å². The van der Waals surface area contributed by atoms with Gasteiger partial charge in [-0.15, -0.1) is 0 Å². The standard InChI is InChI=1S/C29H32N6O2/c36-23-11-17-34(18-12-23)28(37)21-4-6-22(7-5-21)32-29-31-16-10-27(33-29)35-19-13-25-24(2-1-3-26(25)35)20-8-14-30-15-9-20/h1-3,8-10,13-16,19,21-23,36H,4-7,11-12,17-18H2,(H,31,32,33)/t21-,22-. The van der Waals surface area contributed by atoms with E-state index >= 15 is 0 Å². The summed E-state index contributed by atoms with van der Waals surface area (Å²) in [6.07, 6.45) is 12.2. The molecule has 4 aromatic rings. The number of aromatic nitrogens is 4. The van der Waals surface area contributed by atoms with E-state index in [9.17, 15) is 9.90 Å². The van der Waals surface area contributed by atoms with Crippen molar-refractivity contribution in [2.75, 3.05) is 18.4 Å². The Morgan fingerprint density at radius 2 is 1.70 bits per heavy atom. The number of aliphatic hydroxyl groups excluding tert-OH is 1. The van der Waals surface area contributed by atoms with Crippen molar-refractivity contribution in [1.29, 1.82) is 0 Å². The van der Waals surface area contributed by atoms with Gasteiger partial charge in [0.25, 0.3) is 0 Å². The molecule has 0 bridgehead atoms. The molecule has 0 unspecified atom stereocenters. The molecule has 1 aromatic carbocycles. The highest BCUT2D eigenvalue weighted by atomic mass is 16.3. The summed E-state index contributed by atoms with van der Waals surface area (Å²) in [5.41, 5.74) is 3.39. The molecule has 2 aliphatic rings. The lowest BCUT2D eigenvalue weighted by Gasteiger charge is -2.35. The maximum atomic E-state index is 12.9. The summed E-state index contributed by atoms with van der Waals surface area (Å²) in [4.78, 5) is 28.3. The fourth-order valence-corrected chi connectivity index (χ4v) is 5.72. The molecule has 3 aromatic heterocycles. The number of piperidine rings is 1. The molecule has 1 saturated heterocycles. The molecule has 1 aliphatic carbocycles. The van der Waals surface area contributed by atoms with Crippen LogP contribution >= 0.6 is 0 Å². The molecule has 0 radical (unpaired) electrons. The van der Waals surface area contributed by atoms with Gasteiger partial charge < -0.3 is 19.9 Å². The Hall–Kier alpha value is -3.78. The van der Waals surface area contributed by atoms with Crippen molar-refractivity contribution in [2.45, 2.75) is 50.7 Å². The zero-order chi connectivity index (χ0) is 25.2. The van der Waals surface area contributed by atoms with Gasteiger partial charge in [0.15, 0.2) is 0 Å². The predicted molar refractivity (Wildman–Crippen MR) is 143 cm³/mol. The molecule has 4 heterocycles. The average Bonchev–Trinajstić information content (AvgIpc) is 3.39. The lowest BCUT2D eigenvalue weighted by atomic mass is 9.85. The number of nitrogens with one attached hydrogen (secondary N) is 1. The van der Waals surface area contributed by atoms with Crippen LogP contribution in [0, 0.1) is 5.92 Å². The number of anilines is 1. The summed E-state index contributed by atoms with van der Waals surface area (Å²) >= 11 is 0. The first-order valence-corrected chi connectivity index (χ1v) is 13.2. The lowest BCUT2D eigenvalue weighted by Crippen LogP contribution is -2.44. The van der Waals surface area contributed by atoms with Crippen molar-refractivity contribution in [3.63, 3.8) is 0 Å². The topological polar surface area (TPSA) is 96.2 Å². The molecular weight excluding hydrogens is 464 g/mol. The molecule has 0 spiro atoms. The van der Waals surface area contributed by atoms with Crippen molar-refractivity contribution in [1.82, 2.24) is 24.4 Å². The van der Waals surface area contributed by atoms with E-state index in [1.54, 1.807) is 6.20 Å². The van der Waals surface area contributed by atoms with Crippen molar-refractivity contribution >= 4 is 22.8 Å². The van der Waals surface area contributed by atoms with Gasteiger partial charge in [-0.1, -0.05) is 12.1 Å². The first kappa shape index (κ1) is 23.6. The molecule has 190 valence electrons. The van der Waals surface area contributed by atoms with E-state index in [4.69, 9.17) is 4.98 Å². The minimum atomic E-state index is -0.257. The van der Waals surface area contributed by atoms with Crippen LogP contribution in [0.4, 0.5) is 5.95 Å². The molecule has 1 saturated carbocycles. The summed E-state index contributed by atoms with van der Waals surface area (Å²) in [6.45, 7) is 1.36. The smallest absolute Gasteiger partial charge is 0.225 e. The largest absolute Gasteiger partial charge is 0.393 e. The van der Waals surface area contributed by atoms with Gasteiger partial charge >= 0.3 is 0 Å². The molecule has 0 atom stereocenters. The fourth-order valence-electron chi connectivity index (χ4n) is 5.72. The van der Waals surface area contributed by atoms with Gasteiger partial charge in [-0.05, 0) is 80.0 Å². The summed E-state index contributed by atoms with van der Waals surface area (Å²) < 4.78 is 2.10. The van der Waals surface area contributed by atoms with E-state index in [2.05, 4.69) is 50.3 Å². The summed E-state index contributed by atoms with van der Waals surface area (Å²) in [7, 11) is 0. The number of amides is 1. The monoisotopic (exact) mass is 496 g/mol. The van der Waals surface area contributed by atoms with Crippen LogP contribution in [0.3, 0.4) is 0 Å². The quantitative estimate of drug-likeness (QED) is 0.424. The lowest BCUT2D eigenvalue weighted by molar-refractivity contribution is -0.138. The zero-order valence-electron chi connectivity index (χ0n) is 20.8. The number of fused-ring (bicyclic) bond motifs is 1. The number of pyridine rings is 1. The van der Waals surface area contributed by atoms with Crippen LogP contribution in [0.1, 0.15) is 38.5 Å². The van der Waals surface area contributed by atoms with Gasteiger partial charge in [-0.2, -0.15) is 4.98 Å². The molecule has 1 amide bonds. The molecule has 2 N–H and O–H groups in total. The normalized spacial score (nSPS) is 20.7. The first-order valence-electron chi connectivity index (χ1n) is 13.2. The maximum absolute atomic E-state index is 12.9. The number of likely N-dealkylation sites (tertiary alicyclic amines) is 1. The Kier molecular flexibility index (Phi) is 6.57. The summed E-state index contributed by atoms with van der Waals surface area (Å²) in [5.74, 6) is 1.77. The van der Waals surface area contributed by atoms with Gasteiger partial charge in [0.1, 0.15) is 5.82 Å². The van der Waals surface area contributed by atoms with Crippen molar-refractivity contribution < 1.29 is 9.90 Å². The van der Waals surface area contributed by atoms with Gasteiger partial charge in [-0.3, -0.25) is 9.78 Å². The number of hydrogen-bond acceptors (Lipinski definition) is 6. The number of aliphatic hydroxyl groups is 1. The Morgan fingerprint density at radius 1 is 0.919 bits per heavy atom. The summed E-state index contributed by atoms with van der Waals surface area (Å²) in [6, 6.07) is 14.7. The van der Waals surface area contributed by atoms with Crippen LogP contribution in [0.5, 0.6) is 0 Å². The highest BCUT2D eigenvalue weighted by Crippen LogP contribution is 2.31. The van der Waals surface area contributed by atoms with Gasteiger partial charge in [0, 0.05) is 55.2 Å².